The zero-order valence-corrected chi connectivity index (χ0v) is 12.0. The van der Waals surface area contributed by atoms with Gasteiger partial charge in [-0.1, -0.05) is 25.8 Å². The summed E-state index contributed by atoms with van der Waals surface area (Å²) in [4.78, 5) is 18.5. The summed E-state index contributed by atoms with van der Waals surface area (Å²) in [6.45, 7) is 6.97. The molecule has 3 N–H and O–H groups in total. The number of carbonyl (C=O) groups excluding carboxylic acids is 1. The summed E-state index contributed by atoms with van der Waals surface area (Å²) >= 11 is 0. The Morgan fingerprint density at radius 1 is 1.42 bits per heavy atom. The number of carbonyl (C=O) groups is 1. The average molecular weight is 264 g/mol. The topological polar surface area (TPSA) is 71.2 Å². The van der Waals surface area contributed by atoms with Crippen LogP contribution < -0.4 is 11.3 Å². The molecule has 0 aliphatic rings. The molecule has 0 aliphatic carbocycles. The molecule has 0 spiro atoms. The summed E-state index contributed by atoms with van der Waals surface area (Å²) in [5, 5.41) is 0. The molecule has 1 aromatic heterocycles. The van der Waals surface area contributed by atoms with Crippen LogP contribution in [0.2, 0.25) is 0 Å². The second kappa shape index (κ2) is 7.74. The Bertz CT molecular complexity index is 406. The van der Waals surface area contributed by atoms with Crippen LogP contribution in [0.4, 0.5) is 5.82 Å². The zero-order chi connectivity index (χ0) is 14.3. The monoisotopic (exact) mass is 264 g/mol. The molecule has 106 valence electrons. The van der Waals surface area contributed by atoms with Crippen molar-refractivity contribution in [3.8, 4) is 0 Å². The van der Waals surface area contributed by atoms with Crippen LogP contribution >= 0.6 is 0 Å². The predicted octanol–water partition coefficient (Wildman–Crippen LogP) is 2.41. The van der Waals surface area contributed by atoms with E-state index < -0.39 is 0 Å². The van der Waals surface area contributed by atoms with E-state index >= 15 is 0 Å². The number of hydrogen-bond acceptors (Lipinski definition) is 4. The number of nitrogens with zero attached hydrogens (tertiary/aromatic N) is 2. The van der Waals surface area contributed by atoms with Crippen molar-refractivity contribution in [2.75, 3.05) is 12.0 Å². The summed E-state index contributed by atoms with van der Waals surface area (Å²) in [6, 6.07) is 5.40. The third kappa shape index (κ3) is 4.52. The molecule has 0 aliphatic heterocycles. The maximum atomic E-state index is 12.4. The molecule has 1 amide bonds. The summed E-state index contributed by atoms with van der Waals surface area (Å²) in [5.41, 5.74) is 2.89. The Balaban J connectivity index is 2.80. The predicted molar refractivity (Wildman–Crippen MR) is 77.7 cm³/mol. The molecule has 0 aromatic carbocycles. The van der Waals surface area contributed by atoms with Crippen molar-refractivity contribution < 1.29 is 4.79 Å². The first-order valence-corrected chi connectivity index (χ1v) is 6.84. The number of anilines is 1. The van der Waals surface area contributed by atoms with Crippen molar-refractivity contribution in [2.45, 2.75) is 46.1 Å². The lowest BCUT2D eigenvalue weighted by Crippen LogP contribution is -2.38. The van der Waals surface area contributed by atoms with E-state index in [1.165, 1.54) is 0 Å². The van der Waals surface area contributed by atoms with Gasteiger partial charge in [-0.15, -0.1) is 0 Å². The van der Waals surface area contributed by atoms with E-state index in [0.717, 1.165) is 25.8 Å². The number of nitrogens with two attached hydrogens (primary N) is 1. The standard InChI is InChI=1S/C14H24N4O/c1-4-5-6-10-18(11(2)3)14(19)12-8-7-9-13(16-12)17-15/h7-9,11H,4-6,10,15H2,1-3H3,(H,16,17). The molecule has 5 heteroatoms. The summed E-state index contributed by atoms with van der Waals surface area (Å²) in [6.07, 6.45) is 3.30. The van der Waals surface area contributed by atoms with Crippen molar-refractivity contribution in [1.29, 1.82) is 0 Å². The van der Waals surface area contributed by atoms with Gasteiger partial charge in [0, 0.05) is 12.6 Å². The molecular formula is C14H24N4O. The molecule has 19 heavy (non-hydrogen) atoms. The summed E-state index contributed by atoms with van der Waals surface area (Å²) in [5.74, 6) is 5.78. The van der Waals surface area contributed by atoms with E-state index in [-0.39, 0.29) is 11.9 Å². The smallest absolute Gasteiger partial charge is 0.272 e. The zero-order valence-electron chi connectivity index (χ0n) is 12.0. The lowest BCUT2D eigenvalue weighted by Gasteiger charge is -2.26. The largest absolute Gasteiger partial charge is 0.335 e. The van der Waals surface area contributed by atoms with Crippen LogP contribution in [0.3, 0.4) is 0 Å². The normalized spacial score (nSPS) is 10.6. The Hall–Kier alpha value is -1.62. The first-order chi connectivity index (χ1) is 9.10. The van der Waals surface area contributed by atoms with E-state index in [2.05, 4.69) is 17.3 Å². The van der Waals surface area contributed by atoms with Crippen molar-refractivity contribution in [1.82, 2.24) is 9.88 Å². The van der Waals surface area contributed by atoms with Crippen LogP contribution in [-0.2, 0) is 0 Å². The second-order valence-corrected chi connectivity index (χ2v) is 4.85. The van der Waals surface area contributed by atoms with Crippen LogP contribution in [0.25, 0.3) is 0 Å². The number of amides is 1. The SMILES string of the molecule is CCCCCN(C(=O)c1cccc(NN)n1)C(C)C. The van der Waals surface area contributed by atoms with Crippen LogP contribution in [0.1, 0.15) is 50.5 Å². The highest BCUT2D eigenvalue weighted by Crippen LogP contribution is 2.11. The lowest BCUT2D eigenvalue weighted by atomic mass is 10.2. The first-order valence-electron chi connectivity index (χ1n) is 6.84. The third-order valence-electron chi connectivity index (χ3n) is 3.00. The van der Waals surface area contributed by atoms with E-state index in [0.29, 0.717) is 11.5 Å². The van der Waals surface area contributed by atoms with Gasteiger partial charge in [0.2, 0.25) is 0 Å². The van der Waals surface area contributed by atoms with Crippen LogP contribution in [0, 0.1) is 0 Å². The van der Waals surface area contributed by atoms with Gasteiger partial charge in [-0.2, -0.15) is 0 Å². The highest BCUT2D eigenvalue weighted by atomic mass is 16.2. The van der Waals surface area contributed by atoms with Crippen molar-refractivity contribution in [3.63, 3.8) is 0 Å². The highest BCUT2D eigenvalue weighted by Gasteiger charge is 2.19. The van der Waals surface area contributed by atoms with Gasteiger partial charge in [0.25, 0.3) is 5.91 Å². The van der Waals surface area contributed by atoms with Crippen molar-refractivity contribution in [2.24, 2.45) is 5.84 Å². The first kappa shape index (κ1) is 15.4. The van der Waals surface area contributed by atoms with E-state index in [1.54, 1.807) is 18.2 Å². The minimum atomic E-state index is -0.0387. The fraction of sp³-hybridized carbons (Fsp3) is 0.571. The number of hydrogen-bond donors (Lipinski definition) is 2. The average Bonchev–Trinajstić information content (AvgIpc) is 2.42. The number of nitrogens with one attached hydrogen (secondary N) is 1. The number of hydrazine groups is 1. The minimum Gasteiger partial charge on any atom is -0.335 e. The fourth-order valence-corrected chi connectivity index (χ4v) is 1.91. The van der Waals surface area contributed by atoms with Gasteiger partial charge >= 0.3 is 0 Å². The van der Waals surface area contributed by atoms with Crippen LogP contribution in [-0.4, -0.2) is 28.4 Å². The molecule has 0 atom stereocenters. The molecule has 1 aromatic rings. The summed E-state index contributed by atoms with van der Waals surface area (Å²) in [7, 11) is 0. The van der Waals surface area contributed by atoms with Gasteiger partial charge in [-0.25, -0.2) is 10.8 Å². The quantitative estimate of drug-likeness (QED) is 0.451. The van der Waals surface area contributed by atoms with Gasteiger partial charge in [-0.3, -0.25) is 4.79 Å². The fourth-order valence-electron chi connectivity index (χ4n) is 1.91. The summed E-state index contributed by atoms with van der Waals surface area (Å²) < 4.78 is 0. The van der Waals surface area contributed by atoms with E-state index in [9.17, 15) is 4.79 Å². The van der Waals surface area contributed by atoms with Crippen LogP contribution in [0.15, 0.2) is 18.2 Å². The molecule has 0 fully saturated rings. The minimum absolute atomic E-state index is 0.0387. The highest BCUT2D eigenvalue weighted by molar-refractivity contribution is 5.92. The molecule has 1 rings (SSSR count). The van der Waals surface area contributed by atoms with Crippen molar-refractivity contribution >= 4 is 11.7 Å². The van der Waals surface area contributed by atoms with Crippen molar-refractivity contribution in [3.05, 3.63) is 23.9 Å². The number of unbranched alkanes of at least 4 members (excludes halogenated alkanes) is 2. The van der Waals surface area contributed by atoms with Gasteiger partial charge < -0.3 is 10.3 Å². The van der Waals surface area contributed by atoms with Crippen LogP contribution in [0.5, 0.6) is 0 Å². The maximum Gasteiger partial charge on any atom is 0.272 e. The maximum absolute atomic E-state index is 12.4. The lowest BCUT2D eigenvalue weighted by molar-refractivity contribution is 0.0696. The van der Waals surface area contributed by atoms with E-state index in [4.69, 9.17) is 5.84 Å². The van der Waals surface area contributed by atoms with Gasteiger partial charge in [0.05, 0.1) is 0 Å². The Kier molecular flexibility index (Phi) is 6.29. The number of aromatic nitrogens is 1. The van der Waals surface area contributed by atoms with Gasteiger partial charge in [0.15, 0.2) is 0 Å². The Morgan fingerprint density at radius 2 is 2.16 bits per heavy atom. The Morgan fingerprint density at radius 3 is 2.74 bits per heavy atom. The number of nitrogen functional groups attached to an aromatic ring is 1. The molecule has 0 saturated heterocycles. The Labute approximate surface area is 115 Å². The van der Waals surface area contributed by atoms with E-state index in [1.807, 2.05) is 18.7 Å². The molecular weight excluding hydrogens is 240 g/mol. The van der Waals surface area contributed by atoms with Gasteiger partial charge in [-0.05, 0) is 32.4 Å². The number of rotatable bonds is 7. The van der Waals surface area contributed by atoms with Gasteiger partial charge in [0.1, 0.15) is 11.5 Å². The number of pyridine rings is 1. The molecule has 0 radical (unpaired) electrons. The molecule has 0 unspecified atom stereocenters. The molecule has 0 saturated carbocycles. The molecule has 5 nitrogen and oxygen atoms in total. The molecule has 0 bridgehead atoms. The third-order valence-corrected chi connectivity index (χ3v) is 3.00. The second-order valence-electron chi connectivity index (χ2n) is 4.85. The molecule has 1 heterocycles.